The van der Waals surface area contributed by atoms with Crippen molar-refractivity contribution in [3.63, 3.8) is 0 Å². The van der Waals surface area contributed by atoms with Crippen LogP contribution in [0.3, 0.4) is 0 Å². The second-order valence-electron chi connectivity index (χ2n) is 4.43. The molecule has 96 valence electrons. The van der Waals surface area contributed by atoms with Crippen LogP contribution in [0.15, 0.2) is 23.6 Å². The standard InChI is InChI=1S/C14H17FN2S/c1-3-4-12(16)14-17-13(8-18-14)10-6-5-9(2)11(15)7-10/h5-8,12H,3-4,16H2,1-2H3. The molecule has 0 amide bonds. The summed E-state index contributed by atoms with van der Waals surface area (Å²) >= 11 is 1.54. The fourth-order valence-electron chi connectivity index (χ4n) is 1.78. The Morgan fingerprint density at radius 2 is 2.22 bits per heavy atom. The van der Waals surface area contributed by atoms with Crippen LogP contribution >= 0.6 is 11.3 Å². The van der Waals surface area contributed by atoms with Crippen LogP contribution in [0.25, 0.3) is 11.3 Å². The van der Waals surface area contributed by atoms with Crippen LogP contribution in [0.5, 0.6) is 0 Å². The molecule has 1 heterocycles. The number of hydrogen-bond acceptors (Lipinski definition) is 3. The van der Waals surface area contributed by atoms with E-state index < -0.39 is 0 Å². The Hall–Kier alpha value is -1.26. The molecular weight excluding hydrogens is 247 g/mol. The zero-order chi connectivity index (χ0) is 13.1. The molecule has 0 aliphatic carbocycles. The summed E-state index contributed by atoms with van der Waals surface area (Å²) in [5, 5.41) is 2.86. The van der Waals surface area contributed by atoms with E-state index in [2.05, 4.69) is 11.9 Å². The van der Waals surface area contributed by atoms with Crippen molar-refractivity contribution in [2.75, 3.05) is 0 Å². The van der Waals surface area contributed by atoms with E-state index in [9.17, 15) is 4.39 Å². The first kappa shape index (κ1) is 13.2. The van der Waals surface area contributed by atoms with E-state index >= 15 is 0 Å². The first-order valence-electron chi connectivity index (χ1n) is 6.09. The molecule has 0 saturated carbocycles. The van der Waals surface area contributed by atoms with Crippen molar-refractivity contribution in [1.82, 2.24) is 4.98 Å². The minimum absolute atomic E-state index is 0.0101. The minimum Gasteiger partial charge on any atom is -0.322 e. The lowest BCUT2D eigenvalue weighted by molar-refractivity contribution is 0.619. The van der Waals surface area contributed by atoms with Crippen LogP contribution in [0, 0.1) is 12.7 Å². The fourth-order valence-corrected chi connectivity index (χ4v) is 2.64. The Bertz CT molecular complexity index is 536. The topological polar surface area (TPSA) is 38.9 Å². The number of rotatable bonds is 4. The number of thiazole rings is 1. The molecule has 0 aliphatic heterocycles. The van der Waals surface area contributed by atoms with Crippen molar-refractivity contribution in [3.05, 3.63) is 40.0 Å². The molecule has 1 aromatic heterocycles. The summed E-state index contributed by atoms with van der Waals surface area (Å²) in [7, 11) is 0. The third-order valence-corrected chi connectivity index (χ3v) is 3.88. The quantitative estimate of drug-likeness (QED) is 0.904. The van der Waals surface area contributed by atoms with E-state index in [1.165, 1.54) is 6.07 Å². The number of nitrogens with zero attached hydrogens (tertiary/aromatic N) is 1. The Kier molecular flexibility index (Phi) is 4.09. The van der Waals surface area contributed by atoms with Crippen LogP contribution in [0.1, 0.15) is 36.4 Å². The first-order valence-corrected chi connectivity index (χ1v) is 6.97. The van der Waals surface area contributed by atoms with Crippen molar-refractivity contribution in [2.45, 2.75) is 32.7 Å². The first-order chi connectivity index (χ1) is 8.61. The zero-order valence-corrected chi connectivity index (χ0v) is 11.4. The predicted octanol–water partition coefficient (Wildman–Crippen LogP) is 4.06. The van der Waals surface area contributed by atoms with Crippen molar-refractivity contribution in [2.24, 2.45) is 5.73 Å². The van der Waals surface area contributed by atoms with Gasteiger partial charge in [0.25, 0.3) is 0 Å². The summed E-state index contributed by atoms with van der Waals surface area (Å²) in [6.45, 7) is 3.85. The maximum Gasteiger partial charge on any atom is 0.126 e. The Balaban J connectivity index is 2.26. The largest absolute Gasteiger partial charge is 0.322 e. The Morgan fingerprint density at radius 3 is 2.89 bits per heavy atom. The van der Waals surface area contributed by atoms with Gasteiger partial charge in [0.2, 0.25) is 0 Å². The van der Waals surface area contributed by atoms with E-state index in [-0.39, 0.29) is 11.9 Å². The van der Waals surface area contributed by atoms with Crippen LogP contribution in [-0.2, 0) is 0 Å². The summed E-state index contributed by atoms with van der Waals surface area (Å²) in [6.07, 6.45) is 1.96. The second-order valence-corrected chi connectivity index (χ2v) is 5.32. The second kappa shape index (κ2) is 5.59. The lowest BCUT2D eigenvalue weighted by Gasteiger charge is -2.05. The van der Waals surface area contributed by atoms with Gasteiger partial charge in [0.15, 0.2) is 0 Å². The molecule has 18 heavy (non-hydrogen) atoms. The molecule has 2 aromatic rings. The maximum atomic E-state index is 13.5. The summed E-state index contributed by atoms with van der Waals surface area (Å²) in [5.41, 5.74) is 8.29. The molecule has 4 heteroatoms. The maximum absolute atomic E-state index is 13.5. The summed E-state index contributed by atoms with van der Waals surface area (Å²) in [5.74, 6) is -0.195. The Morgan fingerprint density at radius 1 is 1.44 bits per heavy atom. The summed E-state index contributed by atoms with van der Waals surface area (Å²) < 4.78 is 13.5. The molecule has 0 fully saturated rings. The van der Waals surface area contributed by atoms with Gasteiger partial charge in [-0.2, -0.15) is 0 Å². The highest BCUT2D eigenvalue weighted by Crippen LogP contribution is 2.27. The van der Waals surface area contributed by atoms with Gasteiger partial charge in [-0.3, -0.25) is 0 Å². The average molecular weight is 264 g/mol. The van der Waals surface area contributed by atoms with Crippen molar-refractivity contribution >= 4 is 11.3 Å². The predicted molar refractivity (Wildman–Crippen MR) is 74.1 cm³/mol. The van der Waals surface area contributed by atoms with Crippen LogP contribution in [0.4, 0.5) is 4.39 Å². The van der Waals surface area contributed by atoms with Crippen molar-refractivity contribution in [3.8, 4) is 11.3 Å². The number of aryl methyl sites for hydroxylation is 1. The third-order valence-electron chi connectivity index (χ3n) is 2.91. The van der Waals surface area contributed by atoms with Crippen LogP contribution in [-0.4, -0.2) is 4.98 Å². The van der Waals surface area contributed by atoms with Crippen molar-refractivity contribution < 1.29 is 4.39 Å². The molecule has 0 aliphatic rings. The summed E-state index contributed by atoms with van der Waals surface area (Å²) in [6, 6.07) is 5.18. The molecule has 2 nitrogen and oxygen atoms in total. The van der Waals surface area contributed by atoms with Crippen molar-refractivity contribution in [1.29, 1.82) is 0 Å². The minimum atomic E-state index is -0.195. The lowest BCUT2D eigenvalue weighted by Crippen LogP contribution is -2.09. The normalized spacial score (nSPS) is 12.7. The summed E-state index contributed by atoms with van der Waals surface area (Å²) in [4.78, 5) is 4.50. The van der Waals surface area contributed by atoms with E-state index in [1.54, 1.807) is 24.3 Å². The highest BCUT2D eigenvalue weighted by atomic mass is 32.1. The number of benzene rings is 1. The van der Waals surface area contributed by atoms with Gasteiger partial charge >= 0.3 is 0 Å². The van der Waals surface area contributed by atoms with Gasteiger partial charge in [0, 0.05) is 10.9 Å². The number of hydrogen-bond donors (Lipinski definition) is 1. The molecule has 0 saturated heterocycles. The Labute approximate surface area is 111 Å². The van der Waals surface area contributed by atoms with Crippen LogP contribution < -0.4 is 5.73 Å². The number of nitrogens with two attached hydrogens (primary N) is 1. The van der Waals surface area contributed by atoms with E-state index in [1.807, 2.05) is 11.4 Å². The molecule has 1 atom stereocenters. The number of aromatic nitrogens is 1. The SMILES string of the molecule is CCCC(N)c1nc(-c2ccc(C)c(F)c2)cs1. The van der Waals surface area contributed by atoms with E-state index in [4.69, 9.17) is 5.73 Å². The van der Waals surface area contributed by atoms with Gasteiger partial charge < -0.3 is 5.73 Å². The zero-order valence-electron chi connectivity index (χ0n) is 10.6. The average Bonchev–Trinajstić information content (AvgIpc) is 2.82. The number of halogens is 1. The van der Waals surface area contributed by atoms with Gasteiger partial charge in [0.05, 0.1) is 11.7 Å². The van der Waals surface area contributed by atoms with Gasteiger partial charge in [-0.25, -0.2) is 9.37 Å². The molecule has 0 radical (unpaired) electrons. The van der Waals surface area contributed by atoms with Gasteiger partial charge in [-0.1, -0.05) is 25.5 Å². The third kappa shape index (κ3) is 2.76. The van der Waals surface area contributed by atoms with Gasteiger partial charge in [0.1, 0.15) is 10.8 Å². The lowest BCUT2D eigenvalue weighted by atomic mass is 10.1. The smallest absolute Gasteiger partial charge is 0.126 e. The molecule has 1 aromatic carbocycles. The van der Waals surface area contributed by atoms with E-state index in [0.717, 1.165) is 29.1 Å². The molecular formula is C14H17FN2S. The van der Waals surface area contributed by atoms with Gasteiger partial charge in [-0.15, -0.1) is 11.3 Å². The molecule has 2 rings (SSSR count). The highest BCUT2D eigenvalue weighted by molar-refractivity contribution is 7.10. The fraction of sp³-hybridized carbons (Fsp3) is 0.357. The van der Waals surface area contributed by atoms with Crippen LogP contribution in [0.2, 0.25) is 0 Å². The molecule has 1 unspecified atom stereocenters. The molecule has 0 spiro atoms. The molecule has 2 N–H and O–H groups in total. The highest BCUT2D eigenvalue weighted by Gasteiger charge is 2.11. The van der Waals surface area contributed by atoms with Gasteiger partial charge in [-0.05, 0) is 25.0 Å². The molecule has 0 bridgehead atoms. The van der Waals surface area contributed by atoms with E-state index in [0.29, 0.717) is 5.56 Å². The monoisotopic (exact) mass is 264 g/mol.